The molecule has 0 bridgehead atoms. The maximum Gasteiger partial charge on any atom is 0.430 e. The summed E-state index contributed by atoms with van der Waals surface area (Å²) in [5.74, 6) is 0.602. The molecule has 0 fully saturated rings. The van der Waals surface area contributed by atoms with E-state index in [9.17, 15) is 13.2 Å². The SMILES string of the molecule is C=C(/N=C(\C=C(/N)C(F)(F)F)c1cnccn1)Nc1ccc(-n2cnc(C)c2)c(OC)c1. The molecule has 1 aromatic carbocycles. The first-order chi connectivity index (χ1) is 15.2. The van der Waals surface area contributed by atoms with E-state index in [1.165, 1.54) is 25.7 Å². The van der Waals surface area contributed by atoms with Gasteiger partial charge in [0.05, 0.1) is 36.7 Å². The quantitative estimate of drug-likeness (QED) is 0.539. The standard InChI is InChI=1S/C21H20F3N7O/c1-13-11-31(12-28-13)18-5-4-15(8-19(18)32-3)29-14(2)30-16(9-20(25)21(22,23)24)17-10-26-6-7-27-17/h4-12,29H,2,25H2,1,3H3/b20-9-,30-16+. The van der Waals surface area contributed by atoms with E-state index in [0.29, 0.717) is 17.5 Å². The van der Waals surface area contributed by atoms with E-state index in [1.807, 2.05) is 17.7 Å². The first-order valence-corrected chi connectivity index (χ1v) is 9.21. The second-order valence-electron chi connectivity index (χ2n) is 6.57. The number of rotatable bonds is 7. The van der Waals surface area contributed by atoms with Crippen LogP contribution in [0.25, 0.3) is 5.69 Å². The van der Waals surface area contributed by atoms with Crippen molar-refractivity contribution in [3.05, 3.63) is 84.9 Å². The van der Waals surface area contributed by atoms with Crippen LogP contribution in [0, 0.1) is 6.92 Å². The lowest BCUT2D eigenvalue weighted by atomic mass is 10.2. The molecular weight excluding hydrogens is 423 g/mol. The minimum atomic E-state index is -4.72. The number of imidazole rings is 1. The fourth-order valence-corrected chi connectivity index (χ4v) is 2.69. The molecule has 3 rings (SSSR count). The van der Waals surface area contributed by atoms with Crippen LogP contribution >= 0.6 is 0 Å². The van der Waals surface area contributed by atoms with Gasteiger partial charge in [0.2, 0.25) is 0 Å². The van der Waals surface area contributed by atoms with Gasteiger partial charge in [0, 0.05) is 30.3 Å². The van der Waals surface area contributed by atoms with Gasteiger partial charge in [-0.15, -0.1) is 0 Å². The molecule has 0 spiro atoms. The van der Waals surface area contributed by atoms with Crippen molar-refractivity contribution in [3.8, 4) is 11.4 Å². The Kier molecular flexibility index (Phi) is 6.57. The molecule has 0 atom stereocenters. The van der Waals surface area contributed by atoms with E-state index in [-0.39, 0.29) is 17.2 Å². The lowest BCUT2D eigenvalue weighted by Crippen LogP contribution is -2.21. The zero-order valence-corrected chi connectivity index (χ0v) is 17.3. The van der Waals surface area contributed by atoms with E-state index in [4.69, 9.17) is 10.5 Å². The molecule has 0 saturated carbocycles. The van der Waals surface area contributed by atoms with Crippen molar-refractivity contribution < 1.29 is 17.9 Å². The number of hydrogen-bond acceptors (Lipinski definition) is 7. The molecule has 8 nitrogen and oxygen atoms in total. The van der Waals surface area contributed by atoms with Crippen LogP contribution < -0.4 is 15.8 Å². The predicted octanol–water partition coefficient (Wildman–Crippen LogP) is 3.76. The Balaban J connectivity index is 1.89. The van der Waals surface area contributed by atoms with E-state index < -0.39 is 11.9 Å². The normalized spacial score (nSPS) is 12.5. The number of nitrogens with zero attached hydrogens (tertiary/aromatic N) is 5. The lowest BCUT2D eigenvalue weighted by molar-refractivity contribution is -0.0925. The number of hydrogen-bond donors (Lipinski definition) is 2. The van der Waals surface area contributed by atoms with Crippen molar-refractivity contribution in [1.82, 2.24) is 19.5 Å². The van der Waals surface area contributed by atoms with Crippen LogP contribution in [-0.2, 0) is 0 Å². The number of nitrogens with two attached hydrogens (primary N) is 1. The minimum Gasteiger partial charge on any atom is -0.494 e. The smallest absolute Gasteiger partial charge is 0.430 e. The largest absolute Gasteiger partial charge is 0.494 e. The average Bonchev–Trinajstić information content (AvgIpc) is 3.19. The number of aliphatic imine (C=N–C) groups is 1. The maximum atomic E-state index is 12.9. The number of anilines is 1. The number of methoxy groups -OCH3 is 1. The number of benzene rings is 1. The maximum absolute atomic E-state index is 12.9. The topological polar surface area (TPSA) is 103 Å². The summed E-state index contributed by atoms with van der Waals surface area (Å²) in [5.41, 5.74) is 5.95. The van der Waals surface area contributed by atoms with Gasteiger partial charge in [-0.25, -0.2) is 9.98 Å². The highest BCUT2D eigenvalue weighted by Crippen LogP contribution is 2.28. The van der Waals surface area contributed by atoms with Crippen LogP contribution in [0.2, 0.25) is 0 Å². The zero-order valence-electron chi connectivity index (χ0n) is 17.3. The molecule has 3 N–H and O–H groups in total. The molecule has 0 saturated heterocycles. The first-order valence-electron chi connectivity index (χ1n) is 9.21. The number of alkyl halides is 3. The third-order valence-corrected chi connectivity index (χ3v) is 4.16. The van der Waals surface area contributed by atoms with Crippen LogP contribution in [0.4, 0.5) is 18.9 Å². The molecule has 2 aromatic heterocycles. The van der Waals surface area contributed by atoms with Crippen LogP contribution in [-0.4, -0.2) is 38.5 Å². The third kappa shape index (κ3) is 5.50. The van der Waals surface area contributed by atoms with Crippen molar-refractivity contribution in [2.45, 2.75) is 13.1 Å². The lowest BCUT2D eigenvalue weighted by Gasteiger charge is -2.13. The van der Waals surface area contributed by atoms with Gasteiger partial charge >= 0.3 is 6.18 Å². The Hall–Kier alpha value is -4.15. The predicted molar refractivity (Wildman–Crippen MR) is 115 cm³/mol. The number of nitrogens with one attached hydrogen (secondary N) is 1. The van der Waals surface area contributed by atoms with E-state index in [2.05, 4.69) is 31.8 Å². The molecule has 0 aliphatic heterocycles. The molecule has 32 heavy (non-hydrogen) atoms. The molecule has 0 aliphatic carbocycles. The van der Waals surface area contributed by atoms with Crippen molar-refractivity contribution >= 4 is 11.4 Å². The second kappa shape index (κ2) is 9.33. The Bertz CT molecular complexity index is 1170. The molecule has 3 aromatic rings. The fourth-order valence-electron chi connectivity index (χ4n) is 2.69. The highest BCUT2D eigenvalue weighted by molar-refractivity contribution is 6.08. The Morgan fingerprint density at radius 2 is 2.06 bits per heavy atom. The zero-order chi connectivity index (χ0) is 23.3. The van der Waals surface area contributed by atoms with E-state index in [0.717, 1.165) is 11.4 Å². The average molecular weight is 443 g/mol. The molecule has 0 aliphatic rings. The third-order valence-electron chi connectivity index (χ3n) is 4.16. The second-order valence-corrected chi connectivity index (χ2v) is 6.57. The van der Waals surface area contributed by atoms with Crippen molar-refractivity contribution in [3.63, 3.8) is 0 Å². The Morgan fingerprint density at radius 3 is 2.66 bits per heavy atom. The van der Waals surface area contributed by atoms with Crippen molar-refractivity contribution in [1.29, 1.82) is 0 Å². The van der Waals surface area contributed by atoms with Crippen molar-refractivity contribution in [2.75, 3.05) is 12.4 Å². The summed E-state index contributed by atoms with van der Waals surface area (Å²) in [4.78, 5) is 16.2. The molecule has 166 valence electrons. The van der Waals surface area contributed by atoms with Gasteiger partial charge in [0.25, 0.3) is 0 Å². The molecule has 2 heterocycles. The van der Waals surface area contributed by atoms with Gasteiger partial charge in [-0.2, -0.15) is 13.2 Å². The van der Waals surface area contributed by atoms with Crippen LogP contribution in [0.3, 0.4) is 0 Å². The number of ether oxygens (including phenoxy) is 1. The first kappa shape index (κ1) is 22.5. The fraction of sp³-hybridized carbons (Fsp3) is 0.143. The molecule has 0 radical (unpaired) electrons. The molecule has 11 heteroatoms. The highest BCUT2D eigenvalue weighted by atomic mass is 19.4. The summed E-state index contributed by atoms with van der Waals surface area (Å²) in [6, 6.07) is 5.24. The van der Waals surface area contributed by atoms with Crippen LogP contribution in [0.5, 0.6) is 5.75 Å². The van der Waals surface area contributed by atoms with E-state index >= 15 is 0 Å². The van der Waals surface area contributed by atoms with Gasteiger partial charge in [0.15, 0.2) is 0 Å². The van der Waals surface area contributed by atoms with Gasteiger partial charge in [-0.3, -0.25) is 9.97 Å². The monoisotopic (exact) mass is 443 g/mol. The minimum absolute atomic E-state index is 0.0603. The van der Waals surface area contributed by atoms with Crippen molar-refractivity contribution in [2.24, 2.45) is 10.7 Å². The summed E-state index contributed by atoms with van der Waals surface area (Å²) in [7, 11) is 1.52. The Labute approximate surface area is 182 Å². The van der Waals surface area contributed by atoms with Gasteiger partial charge in [0.1, 0.15) is 23.0 Å². The highest BCUT2D eigenvalue weighted by Gasteiger charge is 2.32. The summed E-state index contributed by atoms with van der Waals surface area (Å²) >= 11 is 0. The van der Waals surface area contributed by atoms with Gasteiger partial charge in [-0.1, -0.05) is 6.58 Å². The summed E-state index contributed by atoms with van der Waals surface area (Å²) in [6.45, 7) is 5.64. The van der Waals surface area contributed by atoms with E-state index in [1.54, 1.807) is 24.5 Å². The summed E-state index contributed by atoms with van der Waals surface area (Å²) in [6.07, 6.45) is 3.47. The number of aryl methyl sites for hydroxylation is 1. The number of allylic oxidation sites excluding steroid dienone is 2. The van der Waals surface area contributed by atoms with Crippen LogP contribution in [0.1, 0.15) is 11.4 Å². The number of aromatic nitrogens is 4. The van der Waals surface area contributed by atoms with Gasteiger partial charge < -0.3 is 20.4 Å². The van der Waals surface area contributed by atoms with Crippen LogP contribution in [0.15, 0.2) is 78.5 Å². The Morgan fingerprint density at radius 1 is 1.28 bits per heavy atom. The molecule has 0 unspecified atom stereocenters. The van der Waals surface area contributed by atoms with Gasteiger partial charge in [-0.05, 0) is 25.1 Å². The number of halogens is 3. The molecular formula is C21H20F3N7O. The summed E-state index contributed by atoms with van der Waals surface area (Å²) in [5, 5.41) is 2.93. The molecule has 0 amide bonds. The summed E-state index contributed by atoms with van der Waals surface area (Å²) < 4.78 is 46.0.